The molecule has 0 heterocycles. The van der Waals surface area contributed by atoms with Crippen molar-refractivity contribution in [3.05, 3.63) is 38.0 Å². The van der Waals surface area contributed by atoms with Crippen molar-refractivity contribution in [2.24, 2.45) is 11.8 Å². The fourth-order valence-electron chi connectivity index (χ4n) is 1.54. The minimum Gasteiger partial charge on any atom is -0.461 e. The van der Waals surface area contributed by atoms with E-state index in [2.05, 4.69) is 19.7 Å². The highest BCUT2D eigenvalue weighted by molar-refractivity contribution is 5.85. The van der Waals surface area contributed by atoms with Crippen molar-refractivity contribution in [1.82, 2.24) is 0 Å². The van der Waals surface area contributed by atoms with Gasteiger partial charge in [-0.2, -0.15) is 0 Å². The van der Waals surface area contributed by atoms with Gasteiger partial charge in [0.1, 0.15) is 19.8 Å². The Morgan fingerprint density at radius 2 is 1.32 bits per heavy atom. The quantitative estimate of drug-likeness (QED) is 0.329. The van der Waals surface area contributed by atoms with E-state index in [9.17, 15) is 14.4 Å². The van der Waals surface area contributed by atoms with Gasteiger partial charge < -0.3 is 14.2 Å². The molecule has 22 heavy (non-hydrogen) atoms. The van der Waals surface area contributed by atoms with Gasteiger partial charge in [-0.1, -0.05) is 44.9 Å². The standard InChI is InChI=1S/C16H22O6/c1-5-8-20-14(17)11-13(16(19)22-10-7-3)12(4)15(18)21-9-6-2/h5-7,12-13H,1-3,8-11H2,4H3. The van der Waals surface area contributed by atoms with E-state index in [-0.39, 0.29) is 26.2 Å². The first-order valence-corrected chi connectivity index (χ1v) is 6.79. The molecule has 0 aromatic heterocycles. The highest BCUT2D eigenvalue weighted by atomic mass is 16.5. The third-order valence-electron chi connectivity index (χ3n) is 2.71. The summed E-state index contributed by atoms with van der Waals surface area (Å²) in [7, 11) is 0. The van der Waals surface area contributed by atoms with E-state index in [4.69, 9.17) is 14.2 Å². The monoisotopic (exact) mass is 310 g/mol. The van der Waals surface area contributed by atoms with Crippen molar-refractivity contribution < 1.29 is 28.6 Å². The molecule has 2 atom stereocenters. The molecule has 0 aromatic carbocycles. The molecule has 0 spiro atoms. The molecule has 0 aliphatic rings. The number of carbonyl (C=O) groups excluding carboxylic acids is 3. The number of carbonyl (C=O) groups is 3. The summed E-state index contributed by atoms with van der Waals surface area (Å²) < 4.78 is 14.7. The van der Waals surface area contributed by atoms with E-state index in [1.165, 1.54) is 25.2 Å². The Morgan fingerprint density at radius 3 is 1.82 bits per heavy atom. The van der Waals surface area contributed by atoms with Gasteiger partial charge in [0.25, 0.3) is 0 Å². The Hall–Kier alpha value is -2.37. The summed E-state index contributed by atoms with van der Waals surface area (Å²) in [4.78, 5) is 35.5. The number of ether oxygens (including phenoxy) is 3. The smallest absolute Gasteiger partial charge is 0.310 e. The van der Waals surface area contributed by atoms with Gasteiger partial charge in [0.05, 0.1) is 18.3 Å². The second-order valence-corrected chi connectivity index (χ2v) is 4.41. The fraction of sp³-hybridized carbons (Fsp3) is 0.438. The zero-order valence-corrected chi connectivity index (χ0v) is 12.8. The molecule has 0 bridgehead atoms. The summed E-state index contributed by atoms with van der Waals surface area (Å²) in [5.41, 5.74) is 0. The lowest BCUT2D eigenvalue weighted by molar-refractivity contribution is -0.162. The van der Waals surface area contributed by atoms with Gasteiger partial charge in [-0.05, 0) is 0 Å². The van der Waals surface area contributed by atoms with Crippen LogP contribution in [-0.4, -0.2) is 37.7 Å². The molecule has 0 saturated carbocycles. The highest BCUT2D eigenvalue weighted by Gasteiger charge is 2.34. The highest BCUT2D eigenvalue weighted by Crippen LogP contribution is 2.20. The Labute approximate surface area is 130 Å². The van der Waals surface area contributed by atoms with Crippen molar-refractivity contribution in [3.63, 3.8) is 0 Å². The average molecular weight is 310 g/mol. The fourth-order valence-corrected chi connectivity index (χ4v) is 1.54. The second-order valence-electron chi connectivity index (χ2n) is 4.41. The van der Waals surface area contributed by atoms with E-state index < -0.39 is 29.7 Å². The third-order valence-corrected chi connectivity index (χ3v) is 2.71. The molecule has 6 heteroatoms. The predicted octanol–water partition coefficient (Wildman–Crippen LogP) is 1.82. The molecule has 0 aliphatic heterocycles. The van der Waals surface area contributed by atoms with Crippen LogP contribution in [0.5, 0.6) is 0 Å². The Bertz CT molecular complexity index is 426. The van der Waals surface area contributed by atoms with Crippen LogP contribution < -0.4 is 0 Å². The first kappa shape index (κ1) is 19.6. The summed E-state index contributed by atoms with van der Waals surface area (Å²) in [6, 6.07) is 0. The molecule has 0 rings (SSSR count). The molecule has 122 valence electrons. The molecule has 0 fully saturated rings. The first-order valence-electron chi connectivity index (χ1n) is 6.79. The molecule has 6 nitrogen and oxygen atoms in total. The van der Waals surface area contributed by atoms with Crippen LogP contribution >= 0.6 is 0 Å². The molecule has 0 N–H and O–H groups in total. The molecule has 0 aromatic rings. The molecule has 2 unspecified atom stereocenters. The molecule has 0 amide bonds. The largest absolute Gasteiger partial charge is 0.461 e. The van der Waals surface area contributed by atoms with Crippen LogP contribution in [0.3, 0.4) is 0 Å². The second kappa shape index (κ2) is 11.3. The zero-order chi connectivity index (χ0) is 17.0. The van der Waals surface area contributed by atoms with E-state index in [0.29, 0.717) is 0 Å². The Morgan fingerprint density at radius 1 is 0.864 bits per heavy atom. The molecule has 0 radical (unpaired) electrons. The van der Waals surface area contributed by atoms with E-state index >= 15 is 0 Å². The molecular weight excluding hydrogens is 288 g/mol. The third kappa shape index (κ3) is 7.42. The van der Waals surface area contributed by atoms with Gasteiger partial charge in [-0.3, -0.25) is 14.4 Å². The number of hydrogen-bond donors (Lipinski definition) is 0. The lowest BCUT2D eigenvalue weighted by Crippen LogP contribution is -2.33. The maximum atomic E-state index is 12.0. The summed E-state index contributed by atoms with van der Waals surface area (Å²) in [6.07, 6.45) is 3.93. The Balaban J connectivity index is 4.89. The van der Waals surface area contributed by atoms with E-state index in [1.807, 2.05) is 0 Å². The first-order chi connectivity index (χ1) is 10.5. The summed E-state index contributed by atoms with van der Waals surface area (Å²) in [5.74, 6) is -3.76. The maximum Gasteiger partial charge on any atom is 0.310 e. The van der Waals surface area contributed by atoms with Gasteiger partial charge in [0, 0.05) is 0 Å². The lowest BCUT2D eigenvalue weighted by atomic mass is 9.91. The average Bonchev–Trinajstić information content (AvgIpc) is 2.52. The van der Waals surface area contributed by atoms with Gasteiger partial charge in [-0.15, -0.1) is 0 Å². The van der Waals surface area contributed by atoms with Crippen LogP contribution in [-0.2, 0) is 28.6 Å². The number of hydrogen-bond acceptors (Lipinski definition) is 6. The topological polar surface area (TPSA) is 78.9 Å². The Kier molecular flexibility index (Phi) is 10.1. The summed E-state index contributed by atoms with van der Waals surface area (Å²) in [6.45, 7) is 11.8. The SMILES string of the molecule is C=CCOC(=O)CC(C(=O)OCC=C)C(C)C(=O)OCC=C. The molecule has 0 aliphatic carbocycles. The number of rotatable bonds is 11. The van der Waals surface area contributed by atoms with Crippen molar-refractivity contribution in [3.8, 4) is 0 Å². The predicted molar refractivity (Wildman–Crippen MR) is 80.7 cm³/mol. The van der Waals surface area contributed by atoms with Crippen LogP contribution in [0.15, 0.2) is 38.0 Å². The van der Waals surface area contributed by atoms with Gasteiger partial charge in [-0.25, -0.2) is 0 Å². The summed E-state index contributed by atoms with van der Waals surface area (Å²) in [5, 5.41) is 0. The maximum absolute atomic E-state index is 12.0. The van der Waals surface area contributed by atoms with Crippen molar-refractivity contribution >= 4 is 17.9 Å². The molecular formula is C16H22O6. The zero-order valence-electron chi connectivity index (χ0n) is 12.8. The van der Waals surface area contributed by atoms with Gasteiger partial charge >= 0.3 is 17.9 Å². The van der Waals surface area contributed by atoms with Gasteiger partial charge in [0.2, 0.25) is 0 Å². The van der Waals surface area contributed by atoms with E-state index in [1.54, 1.807) is 0 Å². The normalized spacial score (nSPS) is 12.4. The van der Waals surface area contributed by atoms with Crippen molar-refractivity contribution in [2.75, 3.05) is 19.8 Å². The minimum atomic E-state index is -0.991. The van der Waals surface area contributed by atoms with Crippen LogP contribution in [0.4, 0.5) is 0 Å². The van der Waals surface area contributed by atoms with E-state index in [0.717, 1.165) is 0 Å². The minimum absolute atomic E-state index is 0.00847. The van der Waals surface area contributed by atoms with Crippen LogP contribution in [0, 0.1) is 11.8 Å². The van der Waals surface area contributed by atoms with Crippen LogP contribution in [0.25, 0.3) is 0 Å². The summed E-state index contributed by atoms with van der Waals surface area (Å²) >= 11 is 0. The van der Waals surface area contributed by atoms with Crippen LogP contribution in [0.2, 0.25) is 0 Å². The molecule has 0 saturated heterocycles. The van der Waals surface area contributed by atoms with Gasteiger partial charge in [0.15, 0.2) is 0 Å². The van der Waals surface area contributed by atoms with Crippen molar-refractivity contribution in [2.45, 2.75) is 13.3 Å². The van der Waals surface area contributed by atoms with Crippen molar-refractivity contribution in [1.29, 1.82) is 0 Å². The van der Waals surface area contributed by atoms with Crippen LogP contribution in [0.1, 0.15) is 13.3 Å². The number of esters is 3. The lowest BCUT2D eigenvalue weighted by Gasteiger charge is -2.20.